The zero-order valence-electron chi connectivity index (χ0n) is 13.9. The van der Waals surface area contributed by atoms with E-state index in [4.69, 9.17) is 4.74 Å². The highest BCUT2D eigenvalue weighted by atomic mass is 32.1. The van der Waals surface area contributed by atoms with Crippen LogP contribution in [0.1, 0.15) is 22.4 Å². The van der Waals surface area contributed by atoms with Gasteiger partial charge >= 0.3 is 0 Å². The van der Waals surface area contributed by atoms with Crippen molar-refractivity contribution in [3.63, 3.8) is 0 Å². The predicted octanol–water partition coefficient (Wildman–Crippen LogP) is 1.44. The number of ether oxygens (including phenoxy) is 1. The van der Waals surface area contributed by atoms with Crippen LogP contribution in [0.4, 0.5) is 0 Å². The van der Waals surface area contributed by atoms with Crippen molar-refractivity contribution in [1.29, 1.82) is 0 Å². The summed E-state index contributed by atoms with van der Waals surface area (Å²) in [5.74, 6) is 0.516. The Morgan fingerprint density at radius 3 is 2.75 bits per heavy atom. The molecule has 1 heterocycles. The molecule has 2 aromatic rings. The minimum atomic E-state index is -0.574. The van der Waals surface area contributed by atoms with Crippen molar-refractivity contribution in [3.8, 4) is 5.75 Å². The molecule has 3 N–H and O–H groups in total. The van der Waals surface area contributed by atoms with Gasteiger partial charge in [0.2, 0.25) is 0 Å². The summed E-state index contributed by atoms with van der Waals surface area (Å²) in [5, 5.41) is 18.6. The molecule has 0 fully saturated rings. The van der Waals surface area contributed by atoms with Gasteiger partial charge in [0.05, 0.1) is 10.7 Å². The van der Waals surface area contributed by atoms with E-state index in [1.54, 1.807) is 18.4 Å². The monoisotopic (exact) mass is 349 g/mol. The number of benzene rings is 1. The van der Waals surface area contributed by atoms with Crippen LogP contribution in [-0.2, 0) is 11.2 Å². The van der Waals surface area contributed by atoms with Gasteiger partial charge in [0, 0.05) is 19.0 Å². The van der Waals surface area contributed by atoms with E-state index in [0.29, 0.717) is 12.3 Å². The van der Waals surface area contributed by atoms with Gasteiger partial charge in [0.15, 0.2) is 6.61 Å². The summed E-state index contributed by atoms with van der Waals surface area (Å²) in [6, 6.07) is 7.65. The summed E-state index contributed by atoms with van der Waals surface area (Å²) in [6.45, 7) is 3.19. The molecule has 130 valence electrons. The zero-order chi connectivity index (χ0) is 17.4. The molecule has 6 nitrogen and oxygen atoms in total. The first kappa shape index (κ1) is 18.4. The maximum Gasteiger partial charge on any atom is 0.257 e. The molecule has 2 rings (SSSR count). The number of likely N-dealkylation sites (N-methyl/N-ethyl adjacent to an activating group) is 1. The van der Waals surface area contributed by atoms with Gasteiger partial charge in [-0.25, -0.2) is 4.98 Å². The Bertz CT molecular complexity index is 643. The number of rotatable bonds is 9. The van der Waals surface area contributed by atoms with E-state index in [2.05, 4.69) is 15.6 Å². The fraction of sp³-hybridized carbons (Fsp3) is 0.412. The number of hydrogen-bond acceptors (Lipinski definition) is 6. The number of aliphatic hydroxyl groups is 1. The molecule has 1 amide bonds. The molecule has 0 aliphatic carbocycles. The highest BCUT2D eigenvalue weighted by Crippen LogP contribution is 2.15. The fourth-order valence-corrected chi connectivity index (χ4v) is 2.74. The van der Waals surface area contributed by atoms with Crippen molar-refractivity contribution in [2.24, 2.45) is 0 Å². The van der Waals surface area contributed by atoms with Gasteiger partial charge in [-0.05, 0) is 37.6 Å². The van der Waals surface area contributed by atoms with E-state index in [1.807, 2.05) is 36.6 Å². The Morgan fingerprint density at radius 2 is 2.12 bits per heavy atom. The number of nitrogens with zero attached hydrogens (tertiary/aromatic N) is 1. The van der Waals surface area contributed by atoms with Crippen LogP contribution in [0.15, 0.2) is 29.6 Å². The zero-order valence-corrected chi connectivity index (χ0v) is 14.7. The lowest BCUT2D eigenvalue weighted by atomic mass is 10.1. The number of aryl methyl sites for hydroxylation is 1. The molecule has 0 saturated carbocycles. The lowest BCUT2D eigenvalue weighted by molar-refractivity contribution is -0.122. The average molecular weight is 349 g/mol. The number of aliphatic hydroxyl groups excluding tert-OH is 1. The standard InChI is InChI=1S/C17H23N3O3S/c1-12-20-15(11-24-12)16(21)9-19-8-7-13-3-5-14(6-4-13)23-10-17(22)18-2/h3-6,11,16,19,21H,7-10H2,1-2H3,(H,18,22). The second-order valence-electron chi connectivity index (χ2n) is 5.37. The van der Waals surface area contributed by atoms with Crippen molar-refractivity contribution in [1.82, 2.24) is 15.6 Å². The predicted molar refractivity (Wildman–Crippen MR) is 94.4 cm³/mol. The van der Waals surface area contributed by atoms with E-state index in [-0.39, 0.29) is 12.5 Å². The van der Waals surface area contributed by atoms with Gasteiger partial charge in [-0.3, -0.25) is 4.79 Å². The Kier molecular flexibility index (Phi) is 7.17. The van der Waals surface area contributed by atoms with Gasteiger partial charge in [0.1, 0.15) is 11.9 Å². The first-order chi connectivity index (χ1) is 11.6. The van der Waals surface area contributed by atoms with Crippen LogP contribution < -0.4 is 15.4 Å². The summed E-state index contributed by atoms with van der Waals surface area (Å²) < 4.78 is 5.36. The third-order valence-electron chi connectivity index (χ3n) is 3.48. The van der Waals surface area contributed by atoms with Gasteiger partial charge in [-0.1, -0.05) is 12.1 Å². The number of carbonyl (C=O) groups excluding carboxylic acids is 1. The molecule has 0 bridgehead atoms. The van der Waals surface area contributed by atoms with E-state index in [9.17, 15) is 9.90 Å². The Labute approximate surface area is 145 Å². The SMILES string of the molecule is CNC(=O)COc1ccc(CCNCC(O)c2csc(C)n2)cc1. The summed E-state index contributed by atoms with van der Waals surface area (Å²) >= 11 is 1.54. The Morgan fingerprint density at radius 1 is 1.38 bits per heavy atom. The average Bonchev–Trinajstić information content (AvgIpc) is 3.04. The van der Waals surface area contributed by atoms with Crippen LogP contribution in [0.5, 0.6) is 5.75 Å². The third kappa shape index (κ3) is 5.92. The van der Waals surface area contributed by atoms with Gasteiger partial charge in [-0.15, -0.1) is 11.3 Å². The van der Waals surface area contributed by atoms with Crippen molar-refractivity contribution < 1.29 is 14.6 Å². The number of nitrogens with one attached hydrogen (secondary N) is 2. The smallest absolute Gasteiger partial charge is 0.257 e. The summed E-state index contributed by atoms with van der Waals surface area (Å²) in [4.78, 5) is 15.4. The lowest BCUT2D eigenvalue weighted by Crippen LogP contribution is -2.24. The number of amides is 1. The molecule has 24 heavy (non-hydrogen) atoms. The van der Waals surface area contributed by atoms with Crippen molar-refractivity contribution in [3.05, 3.63) is 45.9 Å². The van der Waals surface area contributed by atoms with E-state index in [1.165, 1.54) is 0 Å². The maximum atomic E-state index is 11.1. The molecular formula is C17H23N3O3S. The molecule has 0 radical (unpaired) electrons. The fourth-order valence-electron chi connectivity index (χ4n) is 2.08. The van der Waals surface area contributed by atoms with Gasteiger partial charge < -0.3 is 20.5 Å². The van der Waals surface area contributed by atoms with Crippen LogP contribution in [0.2, 0.25) is 0 Å². The number of aromatic nitrogens is 1. The topological polar surface area (TPSA) is 83.5 Å². The molecule has 1 atom stereocenters. The first-order valence-electron chi connectivity index (χ1n) is 7.81. The first-order valence-corrected chi connectivity index (χ1v) is 8.69. The van der Waals surface area contributed by atoms with Crippen LogP contribution in [0, 0.1) is 6.92 Å². The number of hydrogen-bond donors (Lipinski definition) is 3. The lowest BCUT2D eigenvalue weighted by Gasteiger charge is -2.10. The van der Waals surface area contributed by atoms with Crippen LogP contribution in [0.3, 0.4) is 0 Å². The highest BCUT2D eigenvalue weighted by molar-refractivity contribution is 7.09. The largest absolute Gasteiger partial charge is 0.484 e. The highest BCUT2D eigenvalue weighted by Gasteiger charge is 2.10. The molecule has 1 unspecified atom stereocenters. The second-order valence-corrected chi connectivity index (χ2v) is 6.43. The van der Waals surface area contributed by atoms with Crippen molar-refractivity contribution in [2.45, 2.75) is 19.4 Å². The Hall–Kier alpha value is -1.96. The van der Waals surface area contributed by atoms with Gasteiger partial charge in [0.25, 0.3) is 5.91 Å². The van der Waals surface area contributed by atoms with Crippen LogP contribution >= 0.6 is 11.3 Å². The molecule has 1 aromatic heterocycles. The molecular weight excluding hydrogens is 326 g/mol. The van der Waals surface area contributed by atoms with E-state index < -0.39 is 6.10 Å². The van der Waals surface area contributed by atoms with Crippen molar-refractivity contribution >= 4 is 17.2 Å². The molecule has 7 heteroatoms. The van der Waals surface area contributed by atoms with E-state index >= 15 is 0 Å². The van der Waals surface area contributed by atoms with Crippen LogP contribution in [0.25, 0.3) is 0 Å². The second kappa shape index (κ2) is 9.36. The maximum absolute atomic E-state index is 11.1. The molecule has 0 spiro atoms. The Balaban J connectivity index is 1.68. The minimum Gasteiger partial charge on any atom is -0.484 e. The summed E-state index contributed by atoms with van der Waals surface area (Å²) in [7, 11) is 1.58. The van der Waals surface area contributed by atoms with E-state index in [0.717, 1.165) is 29.2 Å². The molecule has 0 saturated heterocycles. The minimum absolute atomic E-state index is 0.0192. The van der Waals surface area contributed by atoms with Gasteiger partial charge in [-0.2, -0.15) is 0 Å². The summed E-state index contributed by atoms with van der Waals surface area (Å²) in [5.41, 5.74) is 1.89. The third-order valence-corrected chi connectivity index (χ3v) is 4.27. The number of thiazole rings is 1. The quantitative estimate of drug-likeness (QED) is 0.597. The van der Waals surface area contributed by atoms with Crippen LogP contribution in [-0.4, -0.2) is 42.7 Å². The molecule has 0 aliphatic heterocycles. The summed E-state index contributed by atoms with van der Waals surface area (Å²) in [6.07, 6.45) is 0.272. The normalized spacial score (nSPS) is 12.0. The van der Waals surface area contributed by atoms with Crippen molar-refractivity contribution in [2.75, 3.05) is 26.7 Å². The molecule has 0 aliphatic rings. The number of carbonyl (C=O) groups is 1. The molecule has 1 aromatic carbocycles.